The zero-order valence-electron chi connectivity index (χ0n) is 19.6. The van der Waals surface area contributed by atoms with Crippen molar-refractivity contribution in [3.63, 3.8) is 0 Å². The van der Waals surface area contributed by atoms with Gasteiger partial charge in [-0.3, -0.25) is 9.59 Å². The standard InChI is InChI=1S/C26H29NO7/c1-5-14-34-19-10-7-17(8-11-19)24(28)22-23(18-9-12-20(32-3)21(16-18)33-4)27(13-6-15-31-2)26(30)25(22)29/h5,7-12,16,23,28H,1,6,13-15H2,2-4H3/t23-/m0/s1. The Kier molecular flexibility index (Phi) is 8.32. The van der Waals surface area contributed by atoms with Crippen molar-refractivity contribution in [3.05, 3.63) is 71.8 Å². The number of rotatable bonds is 11. The average Bonchev–Trinajstić information content (AvgIpc) is 3.12. The quantitative estimate of drug-likeness (QED) is 0.177. The lowest BCUT2D eigenvalue weighted by atomic mass is 9.95. The monoisotopic (exact) mass is 467 g/mol. The van der Waals surface area contributed by atoms with E-state index in [1.54, 1.807) is 55.7 Å². The summed E-state index contributed by atoms with van der Waals surface area (Å²) in [6.45, 7) is 4.66. The molecule has 0 saturated carbocycles. The highest BCUT2D eigenvalue weighted by Gasteiger charge is 2.46. The van der Waals surface area contributed by atoms with Gasteiger partial charge in [0.2, 0.25) is 0 Å². The van der Waals surface area contributed by atoms with Crippen LogP contribution in [0.1, 0.15) is 23.6 Å². The third-order valence-electron chi connectivity index (χ3n) is 5.51. The van der Waals surface area contributed by atoms with E-state index in [1.165, 1.54) is 19.1 Å². The predicted molar refractivity (Wildman–Crippen MR) is 127 cm³/mol. The van der Waals surface area contributed by atoms with Gasteiger partial charge >= 0.3 is 0 Å². The molecular formula is C26H29NO7. The van der Waals surface area contributed by atoms with E-state index in [1.807, 2.05) is 0 Å². The van der Waals surface area contributed by atoms with Gasteiger partial charge in [-0.15, -0.1) is 0 Å². The van der Waals surface area contributed by atoms with Crippen LogP contribution in [0.5, 0.6) is 17.2 Å². The van der Waals surface area contributed by atoms with Crippen LogP contribution in [-0.4, -0.2) is 62.8 Å². The molecule has 2 aromatic rings. The highest BCUT2D eigenvalue weighted by atomic mass is 16.5. The van der Waals surface area contributed by atoms with Crippen LogP contribution in [0.2, 0.25) is 0 Å². The van der Waals surface area contributed by atoms with Gasteiger partial charge in [0, 0.05) is 25.8 Å². The maximum Gasteiger partial charge on any atom is 0.295 e. The predicted octanol–water partition coefficient (Wildman–Crippen LogP) is 3.73. The number of likely N-dealkylation sites (tertiary alicyclic amines) is 1. The molecule has 0 unspecified atom stereocenters. The molecule has 1 fully saturated rings. The summed E-state index contributed by atoms with van der Waals surface area (Å²) in [6.07, 6.45) is 2.16. The maximum absolute atomic E-state index is 13.1. The summed E-state index contributed by atoms with van der Waals surface area (Å²) in [5.41, 5.74) is 1.02. The van der Waals surface area contributed by atoms with E-state index in [-0.39, 0.29) is 17.9 Å². The first kappa shape index (κ1) is 24.9. The number of ketones is 1. The number of amides is 1. The maximum atomic E-state index is 13.1. The van der Waals surface area contributed by atoms with E-state index < -0.39 is 17.7 Å². The second-order valence-corrected chi connectivity index (χ2v) is 7.58. The molecule has 1 aliphatic rings. The summed E-state index contributed by atoms with van der Waals surface area (Å²) in [7, 11) is 4.60. The van der Waals surface area contributed by atoms with Crippen molar-refractivity contribution in [2.24, 2.45) is 0 Å². The van der Waals surface area contributed by atoms with Crippen molar-refractivity contribution in [2.45, 2.75) is 12.5 Å². The normalized spacial score (nSPS) is 17.0. The van der Waals surface area contributed by atoms with E-state index in [2.05, 4.69) is 6.58 Å². The second kappa shape index (κ2) is 11.4. The minimum atomic E-state index is -0.798. The summed E-state index contributed by atoms with van der Waals surface area (Å²) >= 11 is 0. The Morgan fingerprint density at radius 3 is 2.38 bits per heavy atom. The van der Waals surface area contributed by atoms with Gasteiger partial charge in [0.25, 0.3) is 11.7 Å². The van der Waals surface area contributed by atoms with Crippen LogP contribution in [0.15, 0.2) is 60.7 Å². The zero-order valence-corrected chi connectivity index (χ0v) is 19.6. The zero-order chi connectivity index (χ0) is 24.7. The number of carbonyl (C=O) groups excluding carboxylic acids is 2. The average molecular weight is 468 g/mol. The summed E-state index contributed by atoms with van der Waals surface area (Å²) in [5, 5.41) is 11.2. The summed E-state index contributed by atoms with van der Waals surface area (Å²) in [5.74, 6) is -0.135. The number of aliphatic hydroxyl groups excluding tert-OH is 1. The Labute approximate surface area is 199 Å². The fraction of sp³-hybridized carbons (Fsp3) is 0.308. The molecule has 1 atom stereocenters. The summed E-state index contributed by atoms with van der Waals surface area (Å²) < 4.78 is 21.3. The molecule has 180 valence electrons. The van der Waals surface area contributed by atoms with Crippen LogP contribution in [0.25, 0.3) is 5.76 Å². The van der Waals surface area contributed by atoms with E-state index >= 15 is 0 Å². The van der Waals surface area contributed by atoms with Crippen molar-refractivity contribution in [1.82, 2.24) is 4.90 Å². The van der Waals surface area contributed by atoms with Crippen LogP contribution < -0.4 is 14.2 Å². The third kappa shape index (κ3) is 5.07. The van der Waals surface area contributed by atoms with Crippen molar-refractivity contribution in [3.8, 4) is 17.2 Å². The fourth-order valence-corrected chi connectivity index (χ4v) is 3.88. The topological polar surface area (TPSA) is 94.5 Å². The van der Waals surface area contributed by atoms with Gasteiger partial charge in [0.1, 0.15) is 18.1 Å². The van der Waals surface area contributed by atoms with Crippen molar-refractivity contribution in [1.29, 1.82) is 0 Å². The highest BCUT2D eigenvalue weighted by molar-refractivity contribution is 6.46. The van der Waals surface area contributed by atoms with Crippen molar-refractivity contribution >= 4 is 17.4 Å². The van der Waals surface area contributed by atoms with E-state index in [9.17, 15) is 14.7 Å². The van der Waals surface area contributed by atoms with Crippen LogP contribution in [0.4, 0.5) is 0 Å². The number of aliphatic hydroxyl groups is 1. The SMILES string of the molecule is C=CCOc1ccc(C(O)=C2C(=O)C(=O)N(CCCOC)[C@H]2c2ccc(OC)c(OC)c2)cc1. The molecule has 3 rings (SSSR count). The van der Waals surface area contributed by atoms with Gasteiger partial charge in [0.05, 0.1) is 25.8 Å². The van der Waals surface area contributed by atoms with Gasteiger partial charge < -0.3 is 29.0 Å². The first-order chi connectivity index (χ1) is 16.5. The van der Waals surface area contributed by atoms with Crippen LogP contribution >= 0.6 is 0 Å². The minimum absolute atomic E-state index is 0.00870. The van der Waals surface area contributed by atoms with Crippen LogP contribution in [0.3, 0.4) is 0 Å². The largest absolute Gasteiger partial charge is 0.507 e. The first-order valence-corrected chi connectivity index (χ1v) is 10.8. The Balaban J connectivity index is 2.09. The molecule has 2 aromatic carbocycles. The number of hydrogen-bond acceptors (Lipinski definition) is 7. The first-order valence-electron chi connectivity index (χ1n) is 10.8. The minimum Gasteiger partial charge on any atom is -0.507 e. The van der Waals surface area contributed by atoms with Gasteiger partial charge in [-0.25, -0.2) is 0 Å². The molecule has 0 aromatic heterocycles. The van der Waals surface area contributed by atoms with E-state index in [4.69, 9.17) is 18.9 Å². The summed E-state index contributed by atoms with van der Waals surface area (Å²) in [4.78, 5) is 27.5. The number of ether oxygens (including phenoxy) is 4. The molecule has 0 radical (unpaired) electrons. The Bertz CT molecular complexity index is 1080. The molecule has 0 bridgehead atoms. The number of benzene rings is 2. The second-order valence-electron chi connectivity index (χ2n) is 7.58. The molecule has 1 N–H and O–H groups in total. The highest BCUT2D eigenvalue weighted by Crippen LogP contribution is 2.42. The number of hydrogen-bond donors (Lipinski definition) is 1. The molecular weight excluding hydrogens is 438 g/mol. The van der Waals surface area contributed by atoms with Crippen molar-refractivity contribution < 1.29 is 33.6 Å². The Morgan fingerprint density at radius 1 is 1.06 bits per heavy atom. The third-order valence-corrected chi connectivity index (χ3v) is 5.51. The lowest BCUT2D eigenvalue weighted by molar-refractivity contribution is -0.140. The number of nitrogens with zero attached hydrogens (tertiary/aromatic N) is 1. The lowest BCUT2D eigenvalue weighted by Crippen LogP contribution is -2.31. The molecule has 1 aliphatic heterocycles. The Hall–Kier alpha value is -3.78. The lowest BCUT2D eigenvalue weighted by Gasteiger charge is -2.26. The molecule has 1 heterocycles. The molecule has 0 spiro atoms. The number of methoxy groups -OCH3 is 3. The Morgan fingerprint density at radius 2 is 1.76 bits per heavy atom. The molecule has 0 aliphatic carbocycles. The van der Waals surface area contributed by atoms with Crippen LogP contribution in [0, 0.1) is 0 Å². The number of carbonyl (C=O) groups is 2. The molecule has 1 saturated heterocycles. The fourth-order valence-electron chi connectivity index (χ4n) is 3.88. The van der Waals surface area contributed by atoms with Crippen LogP contribution in [-0.2, 0) is 14.3 Å². The summed E-state index contributed by atoms with van der Waals surface area (Å²) in [6, 6.07) is 11.0. The van der Waals surface area contributed by atoms with E-state index in [0.29, 0.717) is 48.0 Å². The van der Waals surface area contributed by atoms with Gasteiger partial charge in [0.15, 0.2) is 11.5 Å². The number of Topliss-reactive ketones (excluding diaryl/α,β-unsaturated/α-hetero) is 1. The molecule has 8 nitrogen and oxygen atoms in total. The molecule has 1 amide bonds. The van der Waals surface area contributed by atoms with Gasteiger partial charge in [-0.05, 0) is 48.4 Å². The van der Waals surface area contributed by atoms with E-state index in [0.717, 1.165) is 0 Å². The molecule has 8 heteroatoms. The molecule has 34 heavy (non-hydrogen) atoms. The van der Waals surface area contributed by atoms with Crippen molar-refractivity contribution in [2.75, 3.05) is 41.1 Å². The van der Waals surface area contributed by atoms with Gasteiger partial charge in [-0.2, -0.15) is 0 Å². The smallest absolute Gasteiger partial charge is 0.295 e. The van der Waals surface area contributed by atoms with Gasteiger partial charge in [-0.1, -0.05) is 18.7 Å².